The molecule has 0 bridgehead atoms. The van der Waals surface area contributed by atoms with E-state index in [0.29, 0.717) is 4.99 Å². The van der Waals surface area contributed by atoms with E-state index in [1.165, 1.54) is 0 Å². The van der Waals surface area contributed by atoms with Crippen LogP contribution in [0, 0.1) is 0 Å². The van der Waals surface area contributed by atoms with E-state index >= 15 is 0 Å². The van der Waals surface area contributed by atoms with Gasteiger partial charge >= 0.3 is 0 Å². The predicted octanol–water partition coefficient (Wildman–Crippen LogP) is -0.272. The van der Waals surface area contributed by atoms with Crippen LogP contribution in [0.5, 0.6) is 0 Å². The molecular weight excluding hydrogens is 160 g/mol. The van der Waals surface area contributed by atoms with Crippen LogP contribution in [0.25, 0.3) is 0 Å². The lowest BCUT2D eigenvalue weighted by molar-refractivity contribution is -0.00982. The van der Waals surface area contributed by atoms with Crippen molar-refractivity contribution in [3.05, 3.63) is 0 Å². The molecule has 4 heteroatoms. The number of likely N-dealkylation sites (tertiary alicyclic amines) is 1. The Balaban J connectivity index is 2.38. The second-order valence-electron chi connectivity index (χ2n) is 2.93. The van der Waals surface area contributed by atoms with E-state index < -0.39 is 0 Å². The average molecular weight is 174 g/mol. The van der Waals surface area contributed by atoms with E-state index in [1.807, 2.05) is 0 Å². The van der Waals surface area contributed by atoms with Gasteiger partial charge in [0.05, 0.1) is 17.1 Å². The van der Waals surface area contributed by atoms with E-state index in [4.69, 9.17) is 23.1 Å². The lowest BCUT2D eigenvalue weighted by atomic mass is 10.1. The van der Waals surface area contributed by atoms with Crippen LogP contribution in [0.15, 0.2) is 0 Å². The van der Waals surface area contributed by atoms with Crippen LogP contribution in [0.3, 0.4) is 0 Å². The Morgan fingerprint density at radius 2 is 2.36 bits per heavy atom. The fraction of sp³-hybridized carbons (Fsp3) is 0.857. The number of hydrogen-bond acceptors (Lipinski definition) is 3. The normalized spacial score (nSPS) is 22.7. The summed E-state index contributed by atoms with van der Waals surface area (Å²) in [6.07, 6.45) is 0.764. The molecule has 1 aliphatic heterocycles. The molecule has 0 aromatic heterocycles. The third-order valence-electron chi connectivity index (χ3n) is 2.05. The first-order valence-corrected chi connectivity index (χ1v) is 4.27. The first-order valence-electron chi connectivity index (χ1n) is 3.86. The first-order chi connectivity index (χ1) is 5.15. The molecule has 1 heterocycles. The van der Waals surface area contributed by atoms with Crippen molar-refractivity contribution in [2.24, 2.45) is 5.73 Å². The Kier molecular flexibility index (Phi) is 2.81. The van der Waals surface area contributed by atoms with Gasteiger partial charge in [-0.25, -0.2) is 0 Å². The van der Waals surface area contributed by atoms with Crippen molar-refractivity contribution in [1.29, 1.82) is 0 Å². The van der Waals surface area contributed by atoms with Crippen LogP contribution in [0.4, 0.5) is 0 Å². The number of nitrogens with zero attached hydrogens (tertiary/aromatic N) is 1. The molecule has 3 nitrogen and oxygen atoms in total. The molecule has 0 aliphatic carbocycles. The molecule has 64 valence electrons. The zero-order valence-electron chi connectivity index (χ0n) is 6.66. The van der Waals surface area contributed by atoms with Crippen molar-refractivity contribution in [2.75, 3.05) is 13.1 Å². The fourth-order valence-electron chi connectivity index (χ4n) is 1.38. The number of hydrogen-bond donors (Lipinski definition) is 2. The fourth-order valence-corrected chi connectivity index (χ4v) is 1.70. The molecule has 1 atom stereocenters. The minimum absolute atomic E-state index is 0.168. The number of rotatable bonds is 3. The van der Waals surface area contributed by atoms with Gasteiger partial charge in [-0.3, -0.25) is 4.90 Å². The Morgan fingerprint density at radius 3 is 2.64 bits per heavy atom. The number of thiocarbonyl (C=S) groups is 1. The quantitative estimate of drug-likeness (QED) is 0.578. The summed E-state index contributed by atoms with van der Waals surface area (Å²) < 4.78 is 0. The van der Waals surface area contributed by atoms with Gasteiger partial charge in [-0.2, -0.15) is 0 Å². The third kappa shape index (κ3) is 1.89. The van der Waals surface area contributed by atoms with Gasteiger partial charge in [0.1, 0.15) is 0 Å². The Morgan fingerprint density at radius 1 is 1.82 bits per heavy atom. The molecule has 0 amide bonds. The summed E-state index contributed by atoms with van der Waals surface area (Å²) in [6.45, 7) is 3.49. The van der Waals surface area contributed by atoms with Gasteiger partial charge in [0.25, 0.3) is 0 Å². The smallest absolute Gasteiger partial charge is 0.0901 e. The van der Waals surface area contributed by atoms with Crippen molar-refractivity contribution < 1.29 is 5.11 Å². The van der Waals surface area contributed by atoms with Crippen molar-refractivity contribution in [3.63, 3.8) is 0 Å². The summed E-state index contributed by atoms with van der Waals surface area (Å²) in [5, 5.41) is 9.02. The highest BCUT2D eigenvalue weighted by Crippen LogP contribution is 2.14. The van der Waals surface area contributed by atoms with Gasteiger partial charge in [0, 0.05) is 13.1 Å². The molecular formula is C7H14N2OS. The lowest BCUT2D eigenvalue weighted by Crippen LogP contribution is -2.58. The van der Waals surface area contributed by atoms with Crippen molar-refractivity contribution in [1.82, 2.24) is 4.90 Å². The molecule has 1 rings (SSSR count). The molecule has 1 unspecified atom stereocenters. The SMILES string of the molecule is CCC(C(N)=S)N1CC(O)C1. The van der Waals surface area contributed by atoms with Crippen LogP contribution in [0.1, 0.15) is 13.3 Å². The zero-order chi connectivity index (χ0) is 8.43. The van der Waals surface area contributed by atoms with Crippen LogP contribution in [-0.2, 0) is 0 Å². The maximum absolute atomic E-state index is 9.02. The van der Waals surface area contributed by atoms with Gasteiger partial charge < -0.3 is 10.8 Å². The van der Waals surface area contributed by atoms with Crippen molar-refractivity contribution in [2.45, 2.75) is 25.5 Å². The molecule has 0 spiro atoms. The monoisotopic (exact) mass is 174 g/mol. The van der Waals surface area contributed by atoms with Gasteiger partial charge in [-0.1, -0.05) is 19.1 Å². The molecule has 1 saturated heterocycles. The van der Waals surface area contributed by atoms with E-state index in [0.717, 1.165) is 19.5 Å². The number of β-amino-alcohol motifs (C(OH)–C–C–N with tert-alkyl or cyclic N) is 1. The maximum atomic E-state index is 9.02. The summed E-state index contributed by atoms with van der Waals surface area (Å²) in [5.74, 6) is 0. The zero-order valence-corrected chi connectivity index (χ0v) is 7.47. The number of aliphatic hydroxyl groups is 1. The highest BCUT2D eigenvalue weighted by molar-refractivity contribution is 7.80. The molecule has 0 aromatic carbocycles. The lowest BCUT2D eigenvalue weighted by Gasteiger charge is -2.41. The van der Waals surface area contributed by atoms with E-state index in [9.17, 15) is 0 Å². The van der Waals surface area contributed by atoms with Crippen molar-refractivity contribution >= 4 is 17.2 Å². The van der Waals surface area contributed by atoms with E-state index in [2.05, 4.69) is 11.8 Å². The summed E-state index contributed by atoms with van der Waals surface area (Å²) in [7, 11) is 0. The van der Waals surface area contributed by atoms with Crippen LogP contribution in [0.2, 0.25) is 0 Å². The number of nitrogens with two attached hydrogens (primary N) is 1. The van der Waals surface area contributed by atoms with Crippen LogP contribution >= 0.6 is 12.2 Å². The summed E-state index contributed by atoms with van der Waals surface area (Å²) in [6, 6.07) is 0.188. The predicted molar refractivity (Wildman–Crippen MR) is 48.4 cm³/mol. The average Bonchev–Trinajstić information content (AvgIpc) is 1.85. The van der Waals surface area contributed by atoms with Gasteiger partial charge in [-0.05, 0) is 6.42 Å². The first kappa shape index (κ1) is 8.90. The largest absolute Gasteiger partial charge is 0.392 e. The second-order valence-corrected chi connectivity index (χ2v) is 3.41. The highest BCUT2D eigenvalue weighted by atomic mass is 32.1. The third-order valence-corrected chi connectivity index (χ3v) is 2.32. The Labute approximate surface area is 72.2 Å². The second kappa shape index (κ2) is 3.47. The van der Waals surface area contributed by atoms with Gasteiger partial charge in [0.2, 0.25) is 0 Å². The van der Waals surface area contributed by atoms with Crippen LogP contribution < -0.4 is 5.73 Å². The summed E-state index contributed by atoms with van der Waals surface area (Å²) in [5.41, 5.74) is 5.51. The molecule has 1 aliphatic rings. The molecule has 0 saturated carbocycles. The highest BCUT2D eigenvalue weighted by Gasteiger charge is 2.30. The minimum Gasteiger partial charge on any atom is -0.392 e. The Hall–Kier alpha value is -0.190. The summed E-state index contributed by atoms with van der Waals surface area (Å²) >= 11 is 4.89. The van der Waals surface area contributed by atoms with E-state index in [1.54, 1.807) is 0 Å². The van der Waals surface area contributed by atoms with Crippen LogP contribution in [-0.4, -0.2) is 40.2 Å². The molecule has 0 aromatic rings. The topological polar surface area (TPSA) is 49.5 Å². The van der Waals surface area contributed by atoms with Gasteiger partial charge in [0.15, 0.2) is 0 Å². The molecule has 1 fully saturated rings. The molecule has 0 radical (unpaired) electrons. The molecule has 3 N–H and O–H groups in total. The molecule has 11 heavy (non-hydrogen) atoms. The minimum atomic E-state index is -0.168. The maximum Gasteiger partial charge on any atom is 0.0901 e. The van der Waals surface area contributed by atoms with Gasteiger partial charge in [-0.15, -0.1) is 0 Å². The number of aliphatic hydroxyl groups excluding tert-OH is 1. The summed E-state index contributed by atoms with van der Waals surface area (Å²) in [4.78, 5) is 2.65. The van der Waals surface area contributed by atoms with Crippen molar-refractivity contribution in [3.8, 4) is 0 Å². The Bertz CT molecular complexity index is 157. The van der Waals surface area contributed by atoms with E-state index in [-0.39, 0.29) is 12.1 Å². The standard InChI is InChI=1S/C7H14N2OS/c1-2-6(7(8)11)9-3-5(10)4-9/h5-6,10H,2-4H2,1H3,(H2,8,11).